The van der Waals surface area contributed by atoms with Crippen molar-refractivity contribution in [1.82, 2.24) is 19.5 Å². The zero-order valence-corrected chi connectivity index (χ0v) is 16.8. The second kappa shape index (κ2) is 9.21. The maximum atomic E-state index is 12.0. The largest absolute Gasteiger partial charge is 0.465 e. The molecule has 4 N–H and O–H groups in total. The summed E-state index contributed by atoms with van der Waals surface area (Å²) in [6, 6.07) is -0.304. The first-order valence-electron chi connectivity index (χ1n) is 10.2. The Morgan fingerprint density at radius 2 is 2.17 bits per heavy atom. The van der Waals surface area contributed by atoms with Gasteiger partial charge >= 0.3 is 5.97 Å². The van der Waals surface area contributed by atoms with Crippen LogP contribution < -0.4 is 11.3 Å². The summed E-state index contributed by atoms with van der Waals surface area (Å²) in [5.41, 5.74) is 6.47. The van der Waals surface area contributed by atoms with Crippen molar-refractivity contribution in [1.29, 1.82) is 0 Å². The molecule has 2 heterocycles. The molecule has 29 heavy (non-hydrogen) atoms. The molecule has 1 fully saturated rings. The summed E-state index contributed by atoms with van der Waals surface area (Å²) in [5.74, 6) is -0.627. The van der Waals surface area contributed by atoms with E-state index in [1.54, 1.807) is 4.57 Å². The minimum atomic E-state index is -0.707. The highest BCUT2D eigenvalue weighted by Crippen LogP contribution is 2.40. The number of hydrogen-bond donors (Lipinski definition) is 3. The number of nitrogens with two attached hydrogens (primary N) is 1. The molecule has 1 aliphatic carbocycles. The number of unbranched alkanes of at least 4 members (excludes halogenated alkanes) is 4. The quantitative estimate of drug-likeness (QED) is 0.331. The van der Waals surface area contributed by atoms with Crippen LogP contribution in [-0.4, -0.2) is 43.3 Å². The number of rotatable bonds is 9. The first-order valence-corrected chi connectivity index (χ1v) is 10.2. The van der Waals surface area contributed by atoms with E-state index in [1.165, 1.54) is 12.7 Å². The Morgan fingerprint density at radius 3 is 2.93 bits per heavy atom. The third kappa shape index (κ3) is 4.67. The van der Waals surface area contributed by atoms with Crippen LogP contribution in [0.25, 0.3) is 11.2 Å². The number of aliphatic hydroxyl groups is 1. The summed E-state index contributed by atoms with van der Waals surface area (Å²) >= 11 is 0. The number of carbonyl (C=O) groups is 1. The number of aliphatic hydroxyl groups excluding tert-OH is 1. The van der Waals surface area contributed by atoms with Gasteiger partial charge < -0.3 is 20.1 Å². The number of esters is 1. The minimum Gasteiger partial charge on any atom is -0.465 e. The molecule has 0 aromatic carbocycles. The van der Waals surface area contributed by atoms with Crippen molar-refractivity contribution in [3.05, 3.63) is 28.8 Å². The number of H-pyrrole nitrogens is 1. The Kier molecular flexibility index (Phi) is 6.68. The van der Waals surface area contributed by atoms with Gasteiger partial charge in [0, 0.05) is 12.3 Å². The Labute approximate surface area is 169 Å². The number of imidazole rings is 1. The van der Waals surface area contributed by atoms with Gasteiger partial charge in [-0.1, -0.05) is 39.2 Å². The van der Waals surface area contributed by atoms with Crippen LogP contribution in [0, 0.1) is 5.92 Å². The van der Waals surface area contributed by atoms with Crippen LogP contribution in [0.5, 0.6) is 0 Å². The molecule has 158 valence electrons. The number of aromatic amines is 1. The smallest absolute Gasteiger partial charge is 0.305 e. The molecule has 0 aliphatic heterocycles. The maximum absolute atomic E-state index is 12.0. The van der Waals surface area contributed by atoms with Crippen molar-refractivity contribution in [3.8, 4) is 0 Å². The van der Waals surface area contributed by atoms with Crippen molar-refractivity contribution in [2.45, 2.75) is 64.0 Å². The van der Waals surface area contributed by atoms with Crippen LogP contribution >= 0.6 is 0 Å². The van der Waals surface area contributed by atoms with Gasteiger partial charge in [0.05, 0.1) is 18.5 Å². The Balaban J connectivity index is 1.61. The molecule has 3 rings (SSSR count). The fourth-order valence-corrected chi connectivity index (χ4v) is 3.85. The van der Waals surface area contributed by atoms with E-state index >= 15 is 0 Å². The van der Waals surface area contributed by atoms with Gasteiger partial charge in [0.25, 0.3) is 5.56 Å². The molecular formula is C20H29N5O4. The van der Waals surface area contributed by atoms with Crippen LogP contribution in [0.3, 0.4) is 0 Å². The summed E-state index contributed by atoms with van der Waals surface area (Å²) in [4.78, 5) is 34.7. The van der Waals surface area contributed by atoms with Crippen LogP contribution in [0.1, 0.15) is 57.9 Å². The average molecular weight is 403 g/mol. The number of carbonyl (C=O) groups excluding carboxylic acids is 1. The molecule has 0 bridgehead atoms. The number of nitrogens with one attached hydrogen (secondary N) is 1. The molecule has 0 radical (unpaired) electrons. The molecule has 0 unspecified atom stereocenters. The summed E-state index contributed by atoms with van der Waals surface area (Å²) in [6.07, 6.45) is 6.87. The number of nitrogen functional groups attached to an aromatic ring is 1. The van der Waals surface area contributed by atoms with Gasteiger partial charge in [-0.2, -0.15) is 4.98 Å². The Morgan fingerprint density at radius 1 is 1.41 bits per heavy atom. The van der Waals surface area contributed by atoms with Crippen molar-refractivity contribution in [2.24, 2.45) is 5.92 Å². The fraction of sp³-hybridized carbons (Fsp3) is 0.600. The standard InChI is InChI=1S/C20H29N5O4/c1-3-4-5-6-7-8-16(27)29-10-13-12(2)14(9-15(13)26)25-11-22-17-18(25)23-20(21)24-19(17)28/h11,13-15,26H,2-10H2,1H3,(H3,21,23,24,28)/t13-,14-,15-/m0/s1. The second-order valence-electron chi connectivity index (χ2n) is 7.62. The monoisotopic (exact) mass is 403 g/mol. The SMILES string of the molecule is C=C1[C@H](COC(=O)CCCCCCC)[C@@H](O)C[C@@H]1n1cnc2c(=O)[nH]c(N)nc21. The summed E-state index contributed by atoms with van der Waals surface area (Å²) in [7, 11) is 0. The number of anilines is 1. The summed E-state index contributed by atoms with van der Waals surface area (Å²) < 4.78 is 7.09. The predicted molar refractivity (Wildman–Crippen MR) is 109 cm³/mol. The van der Waals surface area contributed by atoms with E-state index in [4.69, 9.17) is 10.5 Å². The van der Waals surface area contributed by atoms with Crippen LogP contribution in [0.15, 0.2) is 23.3 Å². The zero-order valence-electron chi connectivity index (χ0n) is 16.8. The minimum absolute atomic E-state index is 0.00201. The lowest BCUT2D eigenvalue weighted by Crippen LogP contribution is -2.22. The van der Waals surface area contributed by atoms with Gasteiger partial charge in [-0.05, 0) is 18.4 Å². The second-order valence-corrected chi connectivity index (χ2v) is 7.62. The Hall–Kier alpha value is -2.68. The first kappa shape index (κ1) is 21.0. The van der Waals surface area contributed by atoms with E-state index in [9.17, 15) is 14.7 Å². The molecule has 9 heteroatoms. The van der Waals surface area contributed by atoms with Crippen molar-refractivity contribution < 1.29 is 14.6 Å². The van der Waals surface area contributed by atoms with Crippen LogP contribution in [0.2, 0.25) is 0 Å². The molecule has 0 saturated heterocycles. The molecule has 9 nitrogen and oxygen atoms in total. The van der Waals surface area contributed by atoms with Crippen molar-refractivity contribution >= 4 is 23.1 Å². The highest BCUT2D eigenvalue weighted by atomic mass is 16.5. The number of nitrogens with zero attached hydrogens (tertiary/aromatic N) is 3. The molecular weight excluding hydrogens is 374 g/mol. The highest BCUT2D eigenvalue weighted by Gasteiger charge is 2.39. The van der Waals surface area contributed by atoms with Crippen molar-refractivity contribution in [3.63, 3.8) is 0 Å². The van der Waals surface area contributed by atoms with Gasteiger partial charge in [0.2, 0.25) is 5.95 Å². The van der Waals surface area contributed by atoms with Gasteiger partial charge in [-0.15, -0.1) is 0 Å². The normalized spacial score (nSPS) is 21.7. The lowest BCUT2D eigenvalue weighted by atomic mass is 10.0. The van der Waals surface area contributed by atoms with E-state index in [0.717, 1.165) is 25.7 Å². The zero-order chi connectivity index (χ0) is 21.0. The highest BCUT2D eigenvalue weighted by molar-refractivity contribution is 5.71. The molecule has 0 spiro atoms. The third-order valence-corrected chi connectivity index (χ3v) is 5.53. The van der Waals surface area contributed by atoms with E-state index in [0.29, 0.717) is 24.1 Å². The van der Waals surface area contributed by atoms with E-state index in [2.05, 4.69) is 28.5 Å². The molecule has 0 amide bonds. The van der Waals surface area contributed by atoms with Crippen LogP contribution in [-0.2, 0) is 9.53 Å². The third-order valence-electron chi connectivity index (χ3n) is 5.53. The van der Waals surface area contributed by atoms with Gasteiger partial charge in [0.1, 0.15) is 6.61 Å². The first-order chi connectivity index (χ1) is 13.9. The number of ether oxygens (including phenoxy) is 1. The number of hydrogen-bond acceptors (Lipinski definition) is 7. The van der Waals surface area contributed by atoms with E-state index in [-0.39, 0.29) is 36.0 Å². The molecule has 2 aromatic rings. The van der Waals surface area contributed by atoms with E-state index < -0.39 is 11.7 Å². The molecule has 2 aromatic heterocycles. The van der Waals surface area contributed by atoms with E-state index in [1.807, 2.05) is 0 Å². The average Bonchev–Trinajstić information content (AvgIpc) is 3.21. The van der Waals surface area contributed by atoms with Gasteiger partial charge in [-0.25, -0.2) is 4.98 Å². The van der Waals surface area contributed by atoms with Crippen molar-refractivity contribution in [2.75, 3.05) is 12.3 Å². The lowest BCUT2D eigenvalue weighted by molar-refractivity contribution is -0.145. The molecule has 1 saturated carbocycles. The number of fused-ring (bicyclic) bond motifs is 1. The topological polar surface area (TPSA) is 136 Å². The van der Waals surface area contributed by atoms with Gasteiger partial charge in [0.15, 0.2) is 11.2 Å². The fourth-order valence-electron chi connectivity index (χ4n) is 3.85. The maximum Gasteiger partial charge on any atom is 0.305 e. The van der Waals surface area contributed by atoms with Gasteiger partial charge in [-0.3, -0.25) is 14.6 Å². The molecule has 1 aliphatic rings. The predicted octanol–water partition coefficient (Wildman–Crippen LogP) is 2.08. The number of aromatic nitrogens is 4. The lowest BCUT2D eigenvalue weighted by Gasteiger charge is -2.17. The molecule has 3 atom stereocenters. The van der Waals surface area contributed by atoms with Crippen LogP contribution in [0.4, 0.5) is 5.95 Å². The summed E-state index contributed by atoms with van der Waals surface area (Å²) in [5, 5.41) is 10.5. The Bertz CT molecular complexity index is 935. The summed E-state index contributed by atoms with van der Waals surface area (Å²) in [6.45, 7) is 6.34.